The van der Waals surface area contributed by atoms with Gasteiger partial charge in [-0.15, -0.1) is 0 Å². The number of halogens is 1. The van der Waals surface area contributed by atoms with E-state index in [9.17, 15) is 9.18 Å². The van der Waals surface area contributed by atoms with Crippen molar-refractivity contribution in [3.8, 4) is 23.0 Å². The molecule has 38 heavy (non-hydrogen) atoms. The Labute approximate surface area is 218 Å². The van der Waals surface area contributed by atoms with Gasteiger partial charge in [0.05, 0.1) is 32.6 Å². The number of nitrogens with one attached hydrogen (secondary N) is 1. The number of carbonyl (C=O) groups is 1. The molecule has 1 atom stereocenters. The highest BCUT2D eigenvalue weighted by Gasteiger charge is 2.33. The molecule has 0 aliphatic carbocycles. The van der Waals surface area contributed by atoms with Gasteiger partial charge >= 0.3 is 0 Å². The predicted molar refractivity (Wildman–Crippen MR) is 138 cm³/mol. The molecule has 0 saturated heterocycles. The Hall–Kier alpha value is -4.60. The molecule has 1 N–H and O–H groups in total. The molecule has 0 spiro atoms. The first-order chi connectivity index (χ1) is 18.6. The molecule has 2 heterocycles. The number of fused-ring (bicyclic) bond motifs is 1. The van der Waals surface area contributed by atoms with Crippen LogP contribution in [-0.2, 0) is 22.5 Å². The zero-order valence-corrected chi connectivity index (χ0v) is 20.9. The van der Waals surface area contributed by atoms with Crippen LogP contribution in [0.15, 0.2) is 64.9 Å². The number of hydrazone groups is 1. The van der Waals surface area contributed by atoms with Gasteiger partial charge in [0, 0.05) is 24.0 Å². The topological polar surface area (TPSA) is 100.0 Å². The number of amides is 1. The molecular formula is C28H26FN3O6. The van der Waals surface area contributed by atoms with Crippen molar-refractivity contribution in [1.29, 1.82) is 0 Å². The van der Waals surface area contributed by atoms with E-state index in [1.165, 1.54) is 32.6 Å². The normalized spacial score (nSPS) is 15.8. The molecule has 2 aliphatic rings. The van der Waals surface area contributed by atoms with Crippen LogP contribution in [0.4, 0.5) is 4.39 Å². The lowest BCUT2D eigenvalue weighted by molar-refractivity contribution is -0.120. The van der Waals surface area contributed by atoms with Crippen molar-refractivity contribution in [2.45, 2.75) is 25.4 Å². The van der Waals surface area contributed by atoms with Gasteiger partial charge in [-0.2, -0.15) is 5.10 Å². The third kappa shape index (κ3) is 5.24. The summed E-state index contributed by atoms with van der Waals surface area (Å²) in [5, 5.41) is 8.41. The van der Waals surface area contributed by atoms with Gasteiger partial charge in [-0.1, -0.05) is 47.6 Å². The average molecular weight is 520 g/mol. The Morgan fingerprint density at radius 3 is 2.50 bits per heavy atom. The van der Waals surface area contributed by atoms with E-state index in [1.54, 1.807) is 12.1 Å². The molecule has 0 aromatic heterocycles. The number of carbonyl (C=O) groups excluding carboxylic acids is 1. The smallest absolute Gasteiger partial charge is 0.244 e. The monoisotopic (exact) mass is 519 g/mol. The fourth-order valence-electron chi connectivity index (χ4n) is 4.46. The van der Waals surface area contributed by atoms with Gasteiger partial charge in [-0.05, 0) is 23.3 Å². The summed E-state index contributed by atoms with van der Waals surface area (Å²) in [5.41, 5.74) is 6.18. The van der Waals surface area contributed by atoms with Crippen molar-refractivity contribution < 1.29 is 33.0 Å². The number of oxime groups is 1. The van der Waals surface area contributed by atoms with Gasteiger partial charge in [0.25, 0.3) is 0 Å². The number of ether oxygens (including phenoxy) is 4. The molecule has 9 nitrogen and oxygen atoms in total. The van der Waals surface area contributed by atoms with Crippen LogP contribution >= 0.6 is 0 Å². The minimum absolute atomic E-state index is 0.00759. The van der Waals surface area contributed by atoms with Crippen LogP contribution in [0, 0.1) is 5.82 Å². The van der Waals surface area contributed by atoms with Crippen molar-refractivity contribution in [2.75, 3.05) is 21.0 Å². The van der Waals surface area contributed by atoms with E-state index in [-0.39, 0.29) is 31.0 Å². The Kier molecular flexibility index (Phi) is 7.39. The van der Waals surface area contributed by atoms with Crippen LogP contribution in [0.3, 0.4) is 0 Å². The molecule has 1 unspecified atom stereocenters. The van der Waals surface area contributed by atoms with E-state index in [0.29, 0.717) is 52.7 Å². The summed E-state index contributed by atoms with van der Waals surface area (Å²) in [4.78, 5) is 18.2. The maximum Gasteiger partial charge on any atom is 0.244 e. The van der Waals surface area contributed by atoms with Crippen molar-refractivity contribution in [2.24, 2.45) is 10.3 Å². The number of hydrogen-bond acceptors (Lipinski definition) is 8. The van der Waals surface area contributed by atoms with Gasteiger partial charge in [0.2, 0.25) is 24.2 Å². The van der Waals surface area contributed by atoms with Crippen molar-refractivity contribution in [3.63, 3.8) is 0 Å². The van der Waals surface area contributed by atoms with E-state index in [4.69, 9.17) is 23.8 Å². The second-order valence-corrected chi connectivity index (χ2v) is 8.66. The summed E-state index contributed by atoms with van der Waals surface area (Å²) in [5.74, 6) is 1.07. The van der Waals surface area contributed by atoms with Crippen LogP contribution in [0.25, 0.3) is 0 Å². The highest BCUT2D eigenvalue weighted by atomic mass is 19.1. The standard InChI is InChI=1S/C28H26FN3O6/c1-34-25-21(13-20-14-23(32-38-20)18-8-10-19(29)11-9-18)22(26(35-2)28-27(25)36-16-37-28)15-30-31-24(33)12-17-6-4-3-5-7-17/h3-11,15,20H,12-14,16H2,1-2H3,(H,31,33)/b30-15+. The highest BCUT2D eigenvalue weighted by Crippen LogP contribution is 2.52. The molecule has 0 bridgehead atoms. The Morgan fingerprint density at radius 2 is 1.79 bits per heavy atom. The van der Waals surface area contributed by atoms with Crippen molar-refractivity contribution in [3.05, 3.63) is 82.7 Å². The summed E-state index contributed by atoms with van der Waals surface area (Å²) in [7, 11) is 3.05. The number of methoxy groups -OCH3 is 2. The van der Waals surface area contributed by atoms with E-state index in [0.717, 1.165) is 11.1 Å². The number of nitrogens with zero attached hydrogens (tertiary/aromatic N) is 2. The molecule has 1 amide bonds. The van der Waals surface area contributed by atoms with Gasteiger partial charge in [-0.3, -0.25) is 4.79 Å². The lowest BCUT2D eigenvalue weighted by atomic mass is 9.95. The quantitative estimate of drug-likeness (QED) is 0.339. The first-order valence-corrected chi connectivity index (χ1v) is 12.0. The molecule has 3 aromatic carbocycles. The zero-order chi connectivity index (χ0) is 26.5. The summed E-state index contributed by atoms with van der Waals surface area (Å²) >= 11 is 0. The minimum atomic E-state index is -0.339. The summed E-state index contributed by atoms with van der Waals surface area (Å²) < 4.78 is 36.1. The summed E-state index contributed by atoms with van der Waals surface area (Å²) in [6, 6.07) is 15.5. The van der Waals surface area contributed by atoms with E-state index in [2.05, 4.69) is 15.7 Å². The molecular weight excluding hydrogens is 493 g/mol. The van der Waals surface area contributed by atoms with Gasteiger partial charge in [0.1, 0.15) is 11.9 Å². The second-order valence-electron chi connectivity index (χ2n) is 8.66. The Bertz CT molecular complexity index is 1380. The van der Waals surface area contributed by atoms with Crippen LogP contribution in [0.2, 0.25) is 0 Å². The Balaban J connectivity index is 1.40. The number of hydrogen-bond donors (Lipinski definition) is 1. The van der Waals surface area contributed by atoms with E-state index < -0.39 is 0 Å². The molecule has 10 heteroatoms. The minimum Gasteiger partial charge on any atom is -0.492 e. The van der Waals surface area contributed by atoms with Crippen molar-refractivity contribution in [1.82, 2.24) is 5.43 Å². The molecule has 2 aliphatic heterocycles. The SMILES string of the molecule is COc1c(/C=N/NC(=O)Cc2ccccc2)c(CC2CC(c3ccc(F)cc3)=NO2)c(OC)c2c1OCO2. The van der Waals surface area contributed by atoms with Crippen LogP contribution in [-0.4, -0.2) is 44.9 Å². The van der Waals surface area contributed by atoms with E-state index in [1.807, 2.05) is 30.3 Å². The van der Waals surface area contributed by atoms with Gasteiger partial charge in [-0.25, -0.2) is 9.82 Å². The highest BCUT2D eigenvalue weighted by molar-refractivity contribution is 6.01. The van der Waals surface area contributed by atoms with Gasteiger partial charge in [0.15, 0.2) is 11.5 Å². The molecule has 3 aromatic rings. The molecule has 5 rings (SSSR count). The molecule has 0 radical (unpaired) electrons. The molecule has 196 valence electrons. The fraction of sp³-hybridized carbons (Fsp3) is 0.250. The fourth-order valence-corrected chi connectivity index (χ4v) is 4.46. The summed E-state index contributed by atoms with van der Waals surface area (Å²) in [6.45, 7) is 0.00759. The van der Waals surface area contributed by atoms with Crippen LogP contribution in [0.1, 0.15) is 28.7 Å². The lowest BCUT2D eigenvalue weighted by Crippen LogP contribution is -2.20. The second kappa shape index (κ2) is 11.2. The average Bonchev–Trinajstić information content (AvgIpc) is 3.60. The lowest BCUT2D eigenvalue weighted by Gasteiger charge is -2.19. The van der Waals surface area contributed by atoms with Crippen molar-refractivity contribution >= 4 is 17.8 Å². The third-order valence-corrected chi connectivity index (χ3v) is 6.21. The largest absolute Gasteiger partial charge is 0.492 e. The summed E-state index contributed by atoms with van der Waals surface area (Å²) in [6.07, 6.45) is 2.21. The predicted octanol–water partition coefficient (Wildman–Crippen LogP) is 4.00. The number of rotatable bonds is 9. The maximum absolute atomic E-state index is 13.3. The first kappa shape index (κ1) is 25.1. The molecule has 0 saturated carbocycles. The third-order valence-electron chi connectivity index (χ3n) is 6.21. The number of benzene rings is 3. The van der Waals surface area contributed by atoms with E-state index >= 15 is 0 Å². The maximum atomic E-state index is 13.3. The van der Waals surface area contributed by atoms with Gasteiger partial charge < -0.3 is 23.8 Å². The Morgan fingerprint density at radius 1 is 1.08 bits per heavy atom. The first-order valence-electron chi connectivity index (χ1n) is 12.0. The van der Waals surface area contributed by atoms with Crippen LogP contribution < -0.4 is 24.4 Å². The molecule has 0 fully saturated rings. The van der Waals surface area contributed by atoms with Crippen LogP contribution in [0.5, 0.6) is 23.0 Å². The zero-order valence-electron chi connectivity index (χ0n) is 20.9.